The van der Waals surface area contributed by atoms with Crippen LogP contribution in [0.15, 0.2) is 57.7 Å². The fourth-order valence-corrected chi connectivity index (χ4v) is 4.20. The molecule has 1 aromatic heterocycles. The fourth-order valence-electron chi connectivity index (χ4n) is 4.08. The van der Waals surface area contributed by atoms with Crippen molar-refractivity contribution in [3.63, 3.8) is 0 Å². The Morgan fingerprint density at radius 2 is 1.76 bits per heavy atom. The minimum absolute atomic E-state index is 0.0180. The number of hydrogen-bond acceptors (Lipinski definition) is 6. The van der Waals surface area contributed by atoms with Crippen LogP contribution in [0.1, 0.15) is 34.6 Å². The van der Waals surface area contributed by atoms with Gasteiger partial charge in [-0.2, -0.15) is 0 Å². The van der Waals surface area contributed by atoms with Gasteiger partial charge < -0.3 is 14.1 Å². The summed E-state index contributed by atoms with van der Waals surface area (Å²) in [5.74, 6) is -0.659. The fraction of sp³-hybridized carbons (Fsp3) is 0.320. The molecule has 1 fully saturated rings. The third-order valence-electron chi connectivity index (χ3n) is 5.76. The van der Waals surface area contributed by atoms with Gasteiger partial charge in [0.15, 0.2) is 11.2 Å². The maximum absolute atomic E-state index is 13.1. The lowest BCUT2D eigenvalue weighted by Crippen LogP contribution is -2.51. The molecule has 8 heteroatoms. The first-order chi connectivity index (χ1) is 15.9. The van der Waals surface area contributed by atoms with Crippen molar-refractivity contribution in [3.05, 3.63) is 80.7 Å². The van der Waals surface area contributed by atoms with Crippen molar-refractivity contribution in [1.29, 1.82) is 0 Å². The summed E-state index contributed by atoms with van der Waals surface area (Å²) in [5.41, 5.74) is 1.88. The molecule has 1 saturated heterocycles. The largest absolute Gasteiger partial charge is 0.465 e. The van der Waals surface area contributed by atoms with E-state index in [0.29, 0.717) is 42.2 Å². The highest BCUT2D eigenvalue weighted by Gasteiger charge is 2.33. The summed E-state index contributed by atoms with van der Waals surface area (Å²) in [6.45, 7) is 5.65. The Kier molecular flexibility index (Phi) is 6.81. The van der Waals surface area contributed by atoms with Crippen molar-refractivity contribution in [2.75, 3.05) is 32.8 Å². The minimum atomic E-state index is -0.582. The molecular weight excluding hydrogens is 444 g/mol. The van der Waals surface area contributed by atoms with E-state index in [2.05, 4.69) is 0 Å². The van der Waals surface area contributed by atoms with Crippen LogP contribution in [-0.4, -0.2) is 54.5 Å². The predicted molar refractivity (Wildman–Crippen MR) is 126 cm³/mol. The van der Waals surface area contributed by atoms with Crippen molar-refractivity contribution in [1.82, 2.24) is 9.80 Å². The molecule has 172 valence electrons. The number of piperazine rings is 1. The van der Waals surface area contributed by atoms with Gasteiger partial charge in [-0.1, -0.05) is 35.4 Å². The van der Waals surface area contributed by atoms with Gasteiger partial charge in [-0.05, 0) is 43.7 Å². The van der Waals surface area contributed by atoms with Crippen LogP contribution in [0.25, 0.3) is 11.0 Å². The van der Waals surface area contributed by atoms with E-state index in [1.54, 1.807) is 36.1 Å². The van der Waals surface area contributed by atoms with E-state index in [0.717, 1.165) is 11.1 Å². The van der Waals surface area contributed by atoms with Gasteiger partial charge in [-0.15, -0.1) is 0 Å². The van der Waals surface area contributed by atoms with E-state index in [4.69, 9.17) is 20.8 Å². The highest BCUT2D eigenvalue weighted by molar-refractivity contribution is 6.30. The molecule has 1 aliphatic rings. The van der Waals surface area contributed by atoms with Gasteiger partial charge in [0.2, 0.25) is 0 Å². The first-order valence-electron chi connectivity index (χ1n) is 10.9. The van der Waals surface area contributed by atoms with E-state index < -0.39 is 6.04 Å². The maximum Gasteiger partial charge on any atom is 0.328 e. The predicted octanol–water partition coefficient (Wildman–Crippen LogP) is 3.82. The minimum Gasteiger partial charge on any atom is -0.465 e. The molecular formula is C25H25ClN2O5. The number of aryl methyl sites for hydroxylation is 1. The van der Waals surface area contributed by atoms with Crippen LogP contribution in [0, 0.1) is 6.92 Å². The molecule has 33 heavy (non-hydrogen) atoms. The summed E-state index contributed by atoms with van der Waals surface area (Å²) in [7, 11) is 0. The molecule has 2 aromatic carbocycles. The average molecular weight is 469 g/mol. The van der Waals surface area contributed by atoms with Crippen LogP contribution in [0.3, 0.4) is 0 Å². The van der Waals surface area contributed by atoms with Gasteiger partial charge in [-0.25, -0.2) is 4.79 Å². The molecule has 7 nitrogen and oxygen atoms in total. The molecule has 1 amide bonds. The maximum atomic E-state index is 13.1. The van der Waals surface area contributed by atoms with Gasteiger partial charge in [0, 0.05) is 37.3 Å². The Morgan fingerprint density at radius 3 is 2.42 bits per heavy atom. The smallest absolute Gasteiger partial charge is 0.328 e. The summed E-state index contributed by atoms with van der Waals surface area (Å²) in [6.07, 6.45) is 0. The first-order valence-corrected chi connectivity index (χ1v) is 11.2. The Bertz CT molecular complexity index is 1230. The molecule has 0 N–H and O–H groups in total. The molecule has 0 saturated carbocycles. The summed E-state index contributed by atoms with van der Waals surface area (Å²) >= 11 is 6.01. The van der Waals surface area contributed by atoms with Gasteiger partial charge in [0.05, 0.1) is 12.0 Å². The third-order valence-corrected chi connectivity index (χ3v) is 6.01. The normalized spacial score (nSPS) is 15.4. The number of fused-ring (bicyclic) bond motifs is 1. The molecule has 0 aliphatic carbocycles. The molecule has 0 spiro atoms. The van der Waals surface area contributed by atoms with E-state index >= 15 is 0 Å². The Balaban J connectivity index is 1.51. The SMILES string of the molecule is CCOC(=O)C(c1ccc(Cl)cc1)N1CCN(C(=O)c2cc(=O)c3cc(C)ccc3o2)CC1. The lowest BCUT2D eigenvalue weighted by Gasteiger charge is -2.38. The number of halogens is 1. The average Bonchev–Trinajstić information content (AvgIpc) is 2.81. The van der Waals surface area contributed by atoms with E-state index in [9.17, 15) is 14.4 Å². The number of carbonyl (C=O) groups is 2. The van der Waals surface area contributed by atoms with Crippen LogP contribution in [0.2, 0.25) is 5.02 Å². The Labute approximate surface area is 196 Å². The number of amides is 1. The monoisotopic (exact) mass is 468 g/mol. The molecule has 0 bridgehead atoms. The van der Waals surface area contributed by atoms with Crippen molar-refractivity contribution < 1.29 is 18.7 Å². The molecule has 1 unspecified atom stereocenters. The number of esters is 1. The zero-order chi connectivity index (χ0) is 23.5. The lowest BCUT2D eigenvalue weighted by atomic mass is 10.0. The van der Waals surface area contributed by atoms with Crippen LogP contribution >= 0.6 is 11.6 Å². The molecule has 2 heterocycles. The highest BCUT2D eigenvalue weighted by atomic mass is 35.5. The summed E-state index contributed by atoms with van der Waals surface area (Å²) in [6, 6.07) is 13.1. The number of rotatable bonds is 5. The van der Waals surface area contributed by atoms with Crippen molar-refractivity contribution >= 4 is 34.4 Å². The molecule has 1 atom stereocenters. The number of nitrogens with zero attached hydrogens (tertiary/aromatic N) is 2. The topological polar surface area (TPSA) is 80.1 Å². The second-order valence-corrected chi connectivity index (χ2v) is 8.45. The Hall–Kier alpha value is -3.16. The number of carbonyl (C=O) groups excluding carboxylic acids is 2. The number of hydrogen-bond donors (Lipinski definition) is 0. The van der Waals surface area contributed by atoms with Gasteiger partial charge in [0.25, 0.3) is 5.91 Å². The van der Waals surface area contributed by atoms with E-state index in [-0.39, 0.29) is 29.7 Å². The van der Waals surface area contributed by atoms with Crippen LogP contribution in [0.5, 0.6) is 0 Å². The third kappa shape index (κ3) is 4.94. The Morgan fingerprint density at radius 1 is 1.06 bits per heavy atom. The molecule has 4 rings (SSSR count). The highest BCUT2D eigenvalue weighted by Crippen LogP contribution is 2.26. The quantitative estimate of drug-likeness (QED) is 0.530. The summed E-state index contributed by atoms with van der Waals surface area (Å²) in [4.78, 5) is 41.9. The van der Waals surface area contributed by atoms with Crippen molar-refractivity contribution in [3.8, 4) is 0 Å². The summed E-state index contributed by atoms with van der Waals surface area (Å²) in [5, 5.41) is 1.04. The van der Waals surface area contributed by atoms with Gasteiger partial charge in [-0.3, -0.25) is 14.5 Å². The number of ether oxygens (including phenoxy) is 1. The van der Waals surface area contributed by atoms with Gasteiger partial charge in [0.1, 0.15) is 11.6 Å². The van der Waals surface area contributed by atoms with Crippen molar-refractivity contribution in [2.24, 2.45) is 0 Å². The van der Waals surface area contributed by atoms with Crippen LogP contribution in [0.4, 0.5) is 0 Å². The lowest BCUT2D eigenvalue weighted by molar-refractivity contribution is -0.150. The number of benzene rings is 2. The molecule has 3 aromatic rings. The second-order valence-electron chi connectivity index (χ2n) is 8.01. The molecule has 0 radical (unpaired) electrons. The van der Waals surface area contributed by atoms with E-state index in [1.807, 2.05) is 30.0 Å². The van der Waals surface area contributed by atoms with Crippen molar-refractivity contribution in [2.45, 2.75) is 19.9 Å². The zero-order valence-corrected chi connectivity index (χ0v) is 19.3. The van der Waals surface area contributed by atoms with Gasteiger partial charge >= 0.3 is 5.97 Å². The standard InChI is InChI=1S/C25H25ClN2O5/c1-3-32-25(31)23(17-5-7-18(26)8-6-17)27-10-12-28(13-11-27)24(30)22-15-20(29)19-14-16(2)4-9-21(19)33-22/h4-9,14-15,23H,3,10-13H2,1-2H3. The zero-order valence-electron chi connectivity index (χ0n) is 18.5. The van der Waals surface area contributed by atoms with Crippen LogP contribution in [-0.2, 0) is 9.53 Å². The summed E-state index contributed by atoms with van der Waals surface area (Å²) < 4.78 is 11.1. The van der Waals surface area contributed by atoms with Crippen LogP contribution < -0.4 is 5.43 Å². The second kappa shape index (κ2) is 9.77. The molecule has 1 aliphatic heterocycles. The first kappa shape index (κ1) is 23.0. The van der Waals surface area contributed by atoms with E-state index in [1.165, 1.54) is 6.07 Å².